The monoisotopic (exact) mass is 202 g/mol. The van der Waals surface area contributed by atoms with Gasteiger partial charge in [-0.05, 0) is 32.5 Å². The van der Waals surface area contributed by atoms with Crippen LogP contribution in [-0.2, 0) is 8.85 Å². The maximum atomic E-state index is 5.87. The summed E-state index contributed by atoms with van der Waals surface area (Å²) in [7, 11) is -2.06. The van der Waals surface area contributed by atoms with Crippen LogP contribution in [0.2, 0.25) is 6.55 Å². The van der Waals surface area contributed by atoms with Gasteiger partial charge in [0.05, 0.1) is 0 Å². The van der Waals surface area contributed by atoms with Crippen LogP contribution in [0.4, 0.5) is 0 Å². The normalized spacial score (nSPS) is 17.8. The van der Waals surface area contributed by atoms with Crippen molar-refractivity contribution in [1.82, 2.24) is 0 Å². The first-order chi connectivity index (χ1) is 6.08. The Balaban J connectivity index is 4.01. The van der Waals surface area contributed by atoms with E-state index >= 15 is 0 Å². The zero-order valence-corrected chi connectivity index (χ0v) is 10.3. The molecule has 0 amide bonds. The Hall–Kier alpha value is -0.123. The molecule has 0 bridgehead atoms. The van der Waals surface area contributed by atoms with Crippen LogP contribution in [0.3, 0.4) is 0 Å². The quantitative estimate of drug-likeness (QED) is 0.591. The third-order valence-electron chi connectivity index (χ3n) is 1.93. The smallest absolute Gasteiger partial charge is 0.361 e. The molecule has 0 aliphatic rings. The van der Waals surface area contributed by atoms with Crippen LogP contribution >= 0.6 is 0 Å². The van der Waals surface area contributed by atoms with E-state index in [0.29, 0.717) is 6.61 Å². The lowest BCUT2D eigenvalue weighted by Gasteiger charge is -2.26. The summed E-state index contributed by atoms with van der Waals surface area (Å²) >= 11 is 0. The van der Waals surface area contributed by atoms with E-state index in [2.05, 4.69) is 20.4 Å². The lowest BCUT2D eigenvalue weighted by Crippen LogP contribution is -2.39. The summed E-state index contributed by atoms with van der Waals surface area (Å²) < 4.78 is 11.5. The van der Waals surface area contributed by atoms with Crippen molar-refractivity contribution in [3.63, 3.8) is 0 Å². The summed E-state index contributed by atoms with van der Waals surface area (Å²) in [5.41, 5.74) is 1.85. The van der Waals surface area contributed by atoms with Gasteiger partial charge >= 0.3 is 8.56 Å². The van der Waals surface area contributed by atoms with E-state index in [0.717, 1.165) is 12.8 Å². The van der Waals surface area contributed by atoms with E-state index < -0.39 is 8.56 Å². The first-order valence-corrected chi connectivity index (χ1v) is 7.42. The Bertz CT molecular complexity index is 150. The fraction of sp³-hybridized carbons (Fsp3) is 0.800. The molecule has 0 aromatic rings. The summed E-state index contributed by atoms with van der Waals surface area (Å²) in [6.07, 6.45) is 2.52. The number of hydrogen-bond acceptors (Lipinski definition) is 2. The molecule has 0 N–H and O–H groups in total. The highest BCUT2D eigenvalue weighted by Crippen LogP contribution is 2.13. The predicted octanol–water partition coefficient (Wildman–Crippen LogP) is 3.03. The molecule has 0 aromatic heterocycles. The van der Waals surface area contributed by atoms with Gasteiger partial charge in [0.25, 0.3) is 0 Å². The molecule has 13 heavy (non-hydrogen) atoms. The highest BCUT2D eigenvalue weighted by molar-refractivity contribution is 6.71. The average molecular weight is 202 g/mol. The molecule has 3 heteroatoms. The van der Waals surface area contributed by atoms with E-state index in [1.165, 1.54) is 0 Å². The Labute approximate surface area is 83.2 Å². The molecule has 0 fully saturated rings. The molecule has 0 rings (SSSR count). The summed E-state index contributed by atoms with van der Waals surface area (Å²) in [5, 5.41) is 0. The van der Waals surface area contributed by atoms with Crippen molar-refractivity contribution in [2.75, 3.05) is 6.61 Å². The zero-order chi connectivity index (χ0) is 10.3. The van der Waals surface area contributed by atoms with Crippen LogP contribution < -0.4 is 0 Å². The van der Waals surface area contributed by atoms with Crippen LogP contribution in [0, 0.1) is 0 Å². The first-order valence-electron chi connectivity index (χ1n) is 5.03. The molecule has 0 spiro atoms. The van der Waals surface area contributed by atoms with Crippen LogP contribution in [0.25, 0.3) is 0 Å². The third-order valence-corrected chi connectivity index (χ3v) is 4.41. The summed E-state index contributed by atoms with van der Waals surface area (Å²) in [4.78, 5) is 0. The molecule has 2 unspecified atom stereocenters. The SMILES string of the molecule is C=C[Si](C)(OCC)OC(C)CCC. The van der Waals surface area contributed by atoms with Gasteiger partial charge in [0.15, 0.2) is 0 Å². The van der Waals surface area contributed by atoms with Crippen molar-refractivity contribution >= 4 is 8.56 Å². The molecule has 2 nitrogen and oxygen atoms in total. The summed E-state index contributed by atoms with van der Waals surface area (Å²) in [6.45, 7) is 12.8. The van der Waals surface area contributed by atoms with Crippen molar-refractivity contribution in [1.29, 1.82) is 0 Å². The summed E-state index contributed by atoms with van der Waals surface area (Å²) in [5.74, 6) is 0. The molecule has 0 radical (unpaired) electrons. The summed E-state index contributed by atoms with van der Waals surface area (Å²) in [6, 6.07) is 0. The van der Waals surface area contributed by atoms with Gasteiger partial charge in [0.2, 0.25) is 0 Å². The fourth-order valence-corrected chi connectivity index (χ4v) is 3.06. The van der Waals surface area contributed by atoms with E-state index in [4.69, 9.17) is 8.85 Å². The molecular formula is C10H22O2Si. The lowest BCUT2D eigenvalue weighted by atomic mass is 10.2. The fourth-order valence-electron chi connectivity index (χ4n) is 1.29. The van der Waals surface area contributed by atoms with Gasteiger partial charge in [0, 0.05) is 12.7 Å². The molecule has 2 atom stereocenters. The molecule has 0 aliphatic carbocycles. The van der Waals surface area contributed by atoms with E-state index in [9.17, 15) is 0 Å². The van der Waals surface area contributed by atoms with Crippen LogP contribution in [0.5, 0.6) is 0 Å². The Morgan fingerprint density at radius 3 is 2.46 bits per heavy atom. The number of rotatable bonds is 7. The minimum Gasteiger partial charge on any atom is -0.392 e. The van der Waals surface area contributed by atoms with E-state index in [1.54, 1.807) is 0 Å². The second-order valence-electron chi connectivity index (χ2n) is 3.37. The van der Waals surface area contributed by atoms with Gasteiger partial charge in [-0.15, -0.1) is 6.58 Å². The second-order valence-corrected chi connectivity index (χ2v) is 6.33. The van der Waals surface area contributed by atoms with Crippen LogP contribution in [0.15, 0.2) is 12.3 Å². The van der Waals surface area contributed by atoms with Gasteiger partial charge in [-0.1, -0.05) is 13.3 Å². The molecule has 0 aromatic carbocycles. The number of hydrogen-bond donors (Lipinski definition) is 0. The maximum Gasteiger partial charge on any atom is 0.361 e. The molecule has 0 saturated carbocycles. The Morgan fingerprint density at radius 2 is 2.08 bits per heavy atom. The topological polar surface area (TPSA) is 18.5 Å². The molecule has 0 aliphatic heterocycles. The third kappa shape index (κ3) is 5.24. The lowest BCUT2D eigenvalue weighted by molar-refractivity contribution is 0.133. The van der Waals surface area contributed by atoms with Crippen molar-refractivity contribution < 1.29 is 8.85 Å². The molecule has 0 heterocycles. The highest BCUT2D eigenvalue weighted by Gasteiger charge is 2.28. The van der Waals surface area contributed by atoms with Crippen molar-refractivity contribution in [3.05, 3.63) is 12.3 Å². The minimum atomic E-state index is -2.06. The van der Waals surface area contributed by atoms with E-state index in [1.807, 2.05) is 19.2 Å². The van der Waals surface area contributed by atoms with E-state index in [-0.39, 0.29) is 6.10 Å². The predicted molar refractivity (Wildman–Crippen MR) is 58.9 cm³/mol. The Morgan fingerprint density at radius 1 is 1.46 bits per heavy atom. The Kier molecular flexibility index (Phi) is 6.29. The molecule has 0 saturated heterocycles. The van der Waals surface area contributed by atoms with Gasteiger partial charge < -0.3 is 8.85 Å². The highest BCUT2D eigenvalue weighted by atomic mass is 28.4. The maximum absolute atomic E-state index is 5.87. The molecular weight excluding hydrogens is 180 g/mol. The molecule has 78 valence electrons. The van der Waals surface area contributed by atoms with Gasteiger partial charge in [-0.25, -0.2) is 0 Å². The largest absolute Gasteiger partial charge is 0.392 e. The average Bonchev–Trinajstić information content (AvgIpc) is 2.05. The minimum absolute atomic E-state index is 0.284. The van der Waals surface area contributed by atoms with Crippen LogP contribution in [0.1, 0.15) is 33.6 Å². The van der Waals surface area contributed by atoms with Crippen molar-refractivity contribution in [2.24, 2.45) is 0 Å². The van der Waals surface area contributed by atoms with Crippen molar-refractivity contribution in [3.8, 4) is 0 Å². The standard InChI is InChI=1S/C10H22O2Si/c1-6-9-10(4)12-13(5,8-3)11-7-2/h8,10H,3,6-7,9H2,1-2,4-5H3. The zero-order valence-electron chi connectivity index (χ0n) is 9.30. The van der Waals surface area contributed by atoms with Crippen LogP contribution in [-0.4, -0.2) is 21.3 Å². The van der Waals surface area contributed by atoms with Gasteiger partial charge in [-0.3, -0.25) is 0 Å². The second kappa shape index (κ2) is 6.35. The van der Waals surface area contributed by atoms with Crippen molar-refractivity contribution in [2.45, 2.75) is 46.3 Å². The van der Waals surface area contributed by atoms with Gasteiger partial charge in [0.1, 0.15) is 0 Å². The van der Waals surface area contributed by atoms with Gasteiger partial charge in [-0.2, -0.15) is 0 Å². The first kappa shape index (κ1) is 12.9.